The summed E-state index contributed by atoms with van der Waals surface area (Å²) >= 11 is 0. The molecule has 0 saturated carbocycles. The molecule has 146 valence electrons. The highest BCUT2D eigenvalue weighted by molar-refractivity contribution is 7.92. The third-order valence-electron chi connectivity index (χ3n) is 4.77. The molecular weight excluding hydrogens is 362 g/mol. The summed E-state index contributed by atoms with van der Waals surface area (Å²) in [5.74, 6) is 1.63. The number of aromatic amines is 1. The lowest BCUT2D eigenvalue weighted by molar-refractivity contribution is 0.353. The summed E-state index contributed by atoms with van der Waals surface area (Å²) < 4.78 is 23.7. The first-order valence-electron chi connectivity index (χ1n) is 9.17. The molecule has 1 aromatic heterocycles. The molecule has 1 fully saturated rings. The molecule has 1 aromatic carbocycles. The SMILES string of the molecule is CCNC(=NCc1ncc(-c2ccccc2)[nH]1)N1CCS(=O)(=O)C(C)(C)C1. The number of imidazole rings is 1. The Kier molecular flexibility index (Phi) is 5.55. The summed E-state index contributed by atoms with van der Waals surface area (Å²) in [7, 11) is -3.08. The standard InChI is InChI=1S/C19H27N5O2S/c1-4-20-18(24-10-11-27(25,26)19(2,3)14-24)22-13-17-21-12-16(23-17)15-8-6-5-7-9-15/h5-9,12H,4,10-11,13-14H2,1-3H3,(H,20,22)(H,21,23). The number of benzene rings is 1. The Hall–Kier alpha value is -2.35. The minimum atomic E-state index is -3.08. The molecule has 0 aliphatic carbocycles. The van der Waals surface area contributed by atoms with Gasteiger partial charge < -0.3 is 15.2 Å². The molecule has 0 unspecified atom stereocenters. The minimum absolute atomic E-state index is 0.142. The van der Waals surface area contributed by atoms with Crippen molar-refractivity contribution in [2.45, 2.75) is 32.1 Å². The smallest absolute Gasteiger partial charge is 0.194 e. The quantitative estimate of drug-likeness (QED) is 0.617. The lowest BCUT2D eigenvalue weighted by Gasteiger charge is -2.39. The zero-order valence-electron chi connectivity index (χ0n) is 16.1. The van der Waals surface area contributed by atoms with Crippen LogP contribution in [0.5, 0.6) is 0 Å². The summed E-state index contributed by atoms with van der Waals surface area (Å²) in [6.45, 7) is 7.55. The number of rotatable bonds is 4. The molecule has 3 rings (SSSR count). The van der Waals surface area contributed by atoms with E-state index in [-0.39, 0.29) is 5.75 Å². The van der Waals surface area contributed by atoms with Crippen molar-refractivity contribution < 1.29 is 8.42 Å². The zero-order chi connectivity index (χ0) is 19.5. The summed E-state index contributed by atoms with van der Waals surface area (Å²) in [5.41, 5.74) is 2.03. The number of hydrogen-bond donors (Lipinski definition) is 2. The Morgan fingerprint density at radius 1 is 1.33 bits per heavy atom. The van der Waals surface area contributed by atoms with Crippen LogP contribution in [-0.2, 0) is 16.4 Å². The number of nitrogens with one attached hydrogen (secondary N) is 2. The lowest BCUT2D eigenvalue weighted by atomic mass is 10.2. The first-order valence-corrected chi connectivity index (χ1v) is 10.8. The van der Waals surface area contributed by atoms with Gasteiger partial charge in [-0.3, -0.25) is 0 Å². The van der Waals surface area contributed by atoms with Crippen LogP contribution in [0.4, 0.5) is 0 Å². The fourth-order valence-corrected chi connectivity index (χ4v) is 4.47. The second-order valence-corrected chi connectivity index (χ2v) is 10.0. The number of guanidine groups is 1. The lowest BCUT2D eigenvalue weighted by Crippen LogP contribution is -2.57. The van der Waals surface area contributed by atoms with E-state index in [4.69, 9.17) is 0 Å². The number of sulfone groups is 1. The van der Waals surface area contributed by atoms with Gasteiger partial charge in [-0.2, -0.15) is 0 Å². The van der Waals surface area contributed by atoms with Crippen molar-refractivity contribution in [1.82, 2.24) is 20.2 Å². The molecule has 2 heterocycles. The van der Waals surface area contributed by atoms with Gasteiger partial charge in [-0.25, -0.2) is 18.4 Å². The van der Waals surface area contributed by atoms with Crippen molar-refractivity contribution in [3.8, 4) is 11.3 Å². The highest BCUT2D eigenvalue weighted by atomic mass is 32.2. The molecule has 0 atom stereocenters. The van der Waals surface area contributed by atoms with Gasteiger partial charge in [0.25, 0.3) is 0 Å². The molecule has 1 aliphatic rings. The van der Waals surface area contributed by atoms with Crippen LogP contribution < -0.4 is 5.32 Å². The van der Waals surface area contributed by atoms with Crippen molar-refractivity contribution in [1.29, 1.82) is 0 Å². The van der Waals surface area contributed by atoms with E-state index in [1.807, 2.05) is 48.4 Å². The molecule has 1 saturated heterocycles. The Bertz CT molecular complexity index is 903. The second-order valence-electron chi connectivity index (χ2n) is 7.28. The molecule has 27 heavy (non-hydrogen) atoms. The topological polar surface area (TPSA) is 90.4 Å². The fraction of sp³-hybridized carbons (Fsp3) is 0.474. The van der Waals surface area contributed by atoms with Crippen LogP contribution >= 0.6 is 0 Å². The van der Waals surface area contributed by atoms with E-state index < -0.39 is 14.6 Å². The third kappa shape index (κ3) is 4.32. The van der Waals surface area contributed by atoms with Crippen LogP contribution in [0.3, 0.4) is 0 Å². The molecule has 8 heteroatoms. The zero-order valence-corrected chi connectivity index (χ0v) is 16.9. The molecule has 1 aliphatic heterocycles. The number of nitrogens with zero attached hydrogens (tertiary/aromatic N) is 3. The van der Waals surface area contributed by atoms with Crippen LogP contribution in [0.15, 0.2) is 41.5 Å². The van der Waals surface area contributed by atoms with Crippen LogP contribution in [0, 0.1) is 0 Å². The predicted octanol–water partition coefficient (Wildman–Crippen LogP) is 2.05. The fourth-order valence-electron chi connectivity index (χ4n) is 3.11. The van der Waals surface area contributed by atoms with Gasteiger partial charge in [-0.15, -0.1) is 0 Å². The summed E-state index contributed by atoms with van der Waals surface area (Å²) in [6, 6.07) is 10.0. The minimum Gasteiger partial charge on any atom is -0.357 e. The van der Waals surface area contributed by atoms with Gasteiger partial charge in [0.15, 0.2) is 15.8 Å². The van der Waals surface area contributed by atoms with E-state index in [1.54, 1.807) is 13.8 Å². The van der Waals surface area contributed by atoms with Gasteiger partial charge in [-0.1, -0.05) is 30.3 Å². The van der Waals surface area contributed by atoms with Gasteiger partial charge in [0.1, 0.15) is 12.4 Å². The molecule has 0 radical (unpaired) electrons. The Morgan fingerprint density at radius 2 is 2.07 bits per heavy atom. The van der Waals surface area contributed by atoms with E-state index in [9.17, 15) is 8.42 Å². The normalized spacial score (nSPS) is 19.1. The first-order chi connectivity index (χ1) is 12.8. The summed E-state index contributed by atoms with van der Waals surface area (Å²) in [6.07, 6.45) is 1.81. The van der Waals surface area contributed by atoms with Gasteiger partial charge in [0.05, 0.1) is 22.4 Å². The third-order valence-corrected chi connectivity index (χ3v) is 7.30. The first kappa shape index (κ1) is 19.4. The van der Waals surface area contributed by atoms with Crippen molar-refractivity contribution >= 4 is 15.8 Å². The maximum atomic E-state index is 12.2. The molecule has 0 bridgehead atoms. The molecule has 2 aromatic rings. The largest absolute Gasteiger partial charge is 0.357 e. The number of aromatic nitrogens is 2. The average molecular weight is 390 g/mol. The predicted molar refractivity (Wildman–Crippen MR) is 108 cm³/mol. The van der Waals surface area contributed by atoms with Crippen molar-refractivity contribution in [2.75, 3.05) is 25.4 Å². The maximum Gasteiger partial charge on any atom is 0.194 e. The summed E-state index contributed by atoms with van der Waals surface area (Å²) in [4.78, 5) is 14.4. The molecule has 0 spiro atoms. The van der Waals surface area contributed by atoms with Crippen molar-refractivity contribution in [2.24, 2.45) is 4.99 Å². The van der Waals surface area contributed by atoms with E-state index in [1.165, 1.54) is 0 Å². The molecule has 0 amide bonds. The van der Waals surface area contributed by atoms with E-state index in [0.717, 1.165) is 29.6 Å². The average Bonchev–Trinajstić information content (AvgIpc) is 3.11. The Balaban J connectivity index is 1.74. The number of aliphatic imine (C=N–C) groups is 1. The highest BCUT2D eigenvalue weighted by Crippen LogP contribution is 2.24. The van der Waals surface area contributed by atoms with Crippen molar-refractivity contribution in [3.63, 3.8) is 0 Å². The van der Waals surface area contributed by atoms with E-state index in [0.29, 0.717) is 19.6 Å². The van der Waals surface area contributed by atoms with Gasteiger partial charge in [0, 0.05) is 19.6 Å². The molecular formula is C19H27N5O2S. The van der Waals surface area contributed by atoms with Crippen molar-refractivity contribution in [3.05, 3.63) is 42.4 Å². The van der Waals surface area contributed by atoms with Crippen LogP contribution in [0.25, 0.3) is 11.3 Å². The Labute approximate surface area is 160 Å². The monoisotopic (exact) mass is 389 g/mol. The number of H-pyrrole nitrogens is 1. The van der Waals surface area contributed by atoms with Gasteiger partial charge >= 0.3 is 0 Å². The van der Waals surface area contributed by atoms with E-state index in [2.05, 4.69) is 20.3 Å². The highest BCUT2D eigenvalue weighted by Gasteiger charge is 2.40. The van der Waals surface area contributed by atoms with Crippen LogP contribution in [-0.4, -0.2) is 59.4 Å². The Morgan fingerprint density at radius 3 is 2.74 bits per heavy atom. The van der Waals surface area contributed by atoms with Crippen LogP contribution in [0.2, 0.25) is 0 Å². The molecule has 7 nitrogen and oxygen atoms in total. The van der Waals surface area contributed by atoms with Crippen LogP contribution in [0.1, 0.15) is 26.6 Å². The second kappa shape index (κ2) is 7.72. The molecule has 2 N–H and O–H groups in total. The van der Waals surface area contributed by atoms with Gasteiger partial charge in [0.2, 0.25) is 0 Å². The van der Waals surface area contributed by atoms with E-state index >= 15 is 0 Å². The van der Waals surface area contributed by atoms with Gasteiger partial charge in [-0.05, 0) is 26.3 Å². The summed E-state index contributed by atoms with van der Waals surface area (Å²) in [5, 5.41) is 3.27. The number of hydrogen-bond acceptors (Lipinski definition) is 4. The maximum absolute atomic E-state index is 12.2.